The van der Waals surface area contributed by atoms with E-state index in [1.54, 1.807) is 0 Å². The van der Waals surface area contributed by atoms with Crippen molar-refractivity contribution in [2.24, 2.45) is 0 Å². The Labute approximate surface area is 138 Å². The summed E-state index contributed by atoms with van der Waals surface area (Å²) in [5, 5.41) is 3.30. The van der Waals surface area contributed by atoms with E-state index >= 15 is 0 Å². The van der Waals surface area contributed by atoms with Crippen LogP contribution in [0.3, 0.4) is 0 Å². The highest BCUT2D eigenvalue weighted by Gasteiger charge is 2.35. The molecule has 0 spiro atoms. The maximum absolute atomic E-state index is 13.3. The van der Waals surface area contributed by atoms with Crippen LogP contribution >= 0.6 is 15.9 Å². The SMILES string of the molecule is O=S(=O)(c1ccc(F)c(Br)c1)N1CCC(N2CCNCC2)C1. The van der Waals surface area contributed by atoms with Gasteiger partial charge in [0.2, 0.25) is 10.0 Å². The van der Waals surface area contributed by atoms with Gasteiger partial charge in [0.15, 0.2) is 0 Å². The first kappa shape index (κ1) is 16.3. The van der Waals surface area contributed by atoms with Gasteiger partial charge in [-0.2, -0.15) is 4.31 Å². The smallest absolute Gasteiger partial charge is 0.243 e. The minimum absolute atomic E-state index is 0.140. The van der Waals surface area contributed by atoms with Crippen molar-refractivity contribution in [2.75, 3.05) is 39.3 Å². The van der Waals surface area contributed by atoms with Gasteiger partial charge in [-0.25, -0.2) is 12.8 Å². The Hall–Kier alpha value is -0.540. The highest BCUT2D eigenvalue weighted by atomic mass is 79.9. The van der Waals surface area contributed by atoms with Gasteiger partial charge in [0.05, 0.1) is 9.37 Å². The quantitative estimate of drug-likeness (QED) is 0.842. The molecule has 8 heteroatoms. The molecule has 1 aromatic carbocycles. The van der Waals surface area contributed by atoms with E-state index < -0.39 is 15.8 Å². The molecule has 122 valence electrons. The maximum Gasteiger partial charge on any atom is 0.243 e. The summed E-state index contributed by atoms with van der Waals surface area (Å²) in [6, 6.07) is 4.12. The molecule has 5 nitrogen and oxygen atoms in total. The second kappa shape index (κ2) is 6.52. The molecule has 22 heavy (non-hydrogen) atoms. The molecular weight excluding hydrogens is 373 g/mol. The molecular formula is C14H19BrFN3O2S. The molecule has 0 aliphatic carbocycles. The predicted octanol–water partition coefficient (Wildman–Crippen LogP) is 1.26. The summed E-state index contributed by atoms with van der Waals surface area (Å²) in [5.74, 6) is -0.459. The summed E-state index contributed by atoms with van der Waals surface area (Å²) < 4.78 is 40.3. The number of hydrogen-bond acceptors (Lipinski definition) is 4. The van der Waals surface area contributed by atoms with Crippen molar-refractivity contribution >= 4 is 26.0 Å². The van der Waals surface area contributed by atoms with Gasteiger partial charge in [-0.3, -0.25) is 4.90 Å². The zero-order chi connectivity index (χ0) is 15.7. The minimum Gasteiger partial charge on any atom is -0.314 e. The van der Waals surface area contributed by atoms with Crippen LogP contribution in [0.15, 0.2) is 27.6 Å². The monoisotopic (exact) mass is 391 g/mol. The van der Waals surface area contributed by atoms with E-state index in [4.69, 9.17) is 0 Å². The fraction of sp³-hybridized carbons (Fsp3) is 0.571. The molecule has 2 fully saturated rings. The molecule has 0 radical (unpaired) electrons. The van der Waals surface area contributed by atoms with Crippen LogP contribution in [0, 0.1) is 5.82 Å². The molecule has 1 aromatic rings. The van der Waals surface area contributed by atoms with Crippen molar-refractivity contribution in [2.45, 2.75) is 17.4 Å². The van der Waals surface area contributed by atoms with E-state index in [1.807, 2.05) is 0 Å². The lowest BCUT2D eigenvalue weighted by Crippen LogP contribution is -2.49. The highest BCUT2D eigenvalue weighted by Crippen LogP contribution is 2.26. The van der Waals surface area contributed by atoms with Crippen LogP contribution in [0.5, 0.6) is 0 Å². The van der Waals surface area contributed by atoms with Crippen molar-refractivity contribution in [1.29, 1.82) is 0 Å². The average molecular weight is 392 g/mol. The Bertz CT molecular complexity index is 649. The Morgan fingerprint density at radius 3 is 2.64 bits per heavy atom. The van der Waals surface area contributed by atoms with Gasteiger partial charge in [0, 0.05) is 45.3 Å². The first-order chi connectivity index (χ1) is 10.5. The first-order valence-corrected chi connectivity index (χ1v) is 9.62. The number of benzene rings is 1. The van der Waals surface area contributed by atoms with Gasteiger partial charge in [0.1, 0.15) is 5.82 Å². The van der Waals surface area contributed by atoms with Crippen molar-refractivity contribution in [1.82, 2.24) is 14.5 Å². The third kappa shape index (κ3) is 3.21. The Balaban J connectivity index is 1.74. The van der Waals surface area contributed by atoms with Gasteiger partial charge >= 0.3 is 0 Å². The van der Waals surface area contributed by atoms with E-state index in [0.29, 0.717) is 13.1 Å². The molecule has 1 atom stereocenters. The Morgan fingerprint density at radius 2 is 1.95 bits per heavy atom. The summed E-state index contributed by atoms with van der Waals surface area (Å²) in [7, 11) is -3.56. The Morgan fingerprint density at radius 1 is 1.23 bits per heavy atom. The zero-order valence-electron chi connectivity index (χ0n) is 12.1. The number of nitrogens with one attached hydrogen (secondary N) is 1. The third-order valence-electron chi connectivity index (χ3n) is 4.32. The average Bonchev–Trinajstić information content (AvgIpc) is 3.01. The second-order valence-electron chi connectivity index (χ2n) is 5.67. The van der Waals surface area contributed by atoms with Crippen LogP contribution < -0.4 is 5.32 Å². The van der Waals surface area contributed by atoms with E-state index in [-0.39, 0.29) is 15.4 Å². The molecule has 0 aromatic heterocycles. The first-order valence-electron chi connectivity index (χ1n) is 7.38. The Kier molecular flexibility index (Phi) is 4.84. The highest BCUT2D eigenvalue weighted by molar-refractivity contribution is 9.10. The normalized spacial score (nSPS) is 24.7. The molecule has 2 heterocycles. The van der Waals surface area contributed by atoms with Gasteiger partial charge in [0.25, 0.3) is 0 Å². The molecule has 1 N–H and O–H groups in total. The molecule has 2 saturated heterocycles. The summed E-state index contributed by atoms with van der Waals surface area (Å²) in [6.45, 7) is 4.85. The van der Waals surface area contributed by atoms with Gasteiger partial charge < -0.3 is 5.32 Å². The molecule has 0 bridgehead atoms. The molecule has 2 aliphatic rings. The second-order valence-corrected chi connectivity index (χ2v) is 8.46. The van der Waals surface area contributed by atoms with Crippen LogP contribution in [-0.2, 0) is 10.0 Å². The predicted molar refractivity (Wildman–Crippen MR) is 85.7 cm³/mol. The van der Waals surface area contributed by atoms with Crippen molar-refractivity contribution in [3.63, 3.8) is 0 Å². The number of hydrogen-bond donors (Lipinski definition) is 1. The number of sulfonamides is 1. The molecule has 1 unspecified atom stereocenters. The molecule has 0 saturated carbocycles. The van der Waals surface area contributed by atoms with Gasteiger partial charge in [-0.1, -0.05) is 0 Å². The lowest BCUT2D eigenvalue weighted by molar-refractivity contribution is 0.179. The van der Waals surface area contributed by atoms with E-state index in [0.717, 1.165) is 32.6 Å². The van der Waals surface area contributed by atoms with Crippen LogP contribution in [-0.4, -0.2) is 62.9 Å². The maximum atomic E-state index is 13.3. The van der Waals surface area contributed by atoms with Crippen LogP contribution in [0.1, 0.15) is 6.42 Å². The number of piperazine rings is 1. The zero-order valence-corrected chi connectivity index (χ0v) is 14.5. The summed E-state index contributed by atoms with van der Waals surface area (Å²) in [6.07, 6.45) is 0.849. The van der Waals surface area contributed by atoms with Crippen LogP contribution in [0.25, 0.3) is 0 Å². The van der Waals surface area contributed by atoms with Crippen molar-refractivity contribution < 1.29 is 12.8 Å². The summed E-state index contributed by atoms with van der Waals surface area (Å²) in [4.78, 5) is 2.49. The van der Waals surface area contributed by atoms with E-state index in [1.165, 1.54) is 22.5 Å². The third-order valence-corrected chi connectivity index (χ3v) is 6.79. The number of rotatable bonds is 3. The number of nitrogens with zero attached hydrogens (tertiary/aromatic N) is 2. The molecule has 3 rings (SSSR count). The fourth-order valence-electron chi connectivity index (χ4n) is 3.06. The summed E-state index contributed by atoms with van der Waals surface area (Å²) in [5.41, 5.74) is 0. The standard InChI is InChI=1S/C14H19BrFN3O2S/c15-13-9-12(1-2-14(13)16)22(20,21)19-6-3-11(10-19)18-7-4-17-5-8-18/h1-2,9,11,17H,3-8,10H2. The van der Waals surface area contributed by atoms with Crippen molar-refractivity contribution in [3.05, 3.63) is 28.5 Å². The van der Waals surface area contributed by atoms with Gasteiger partial charge in [-0.05, 0) is 40.5 Å². The molecule has 2 aliphatic heterocycles. The molecule has 0 amide bonds. The largest absolute Gasteiger partial charge is 0.314 e. The lowest BCUT2D eigenvalue weighted by Gasteiger charge is -2.32. The fourth-order valence-corrected chi connectivity index (χ4v) is 5.11. The number of halogens is 2. The van der Waals surface area contributed by atoms with Crippen molar-refractivity contribution in [3.8, 4) is 0 Å². The summed E-state index contributed by atoms with van der Waals surface area (Å²) >= 11 is 3.05. The minimum atomic E-state index is -3.56. The van der Waals surface area contributed by atoms with Crippen LogP contribution in [0.2, 0.25) is 0 Å². The van der Waals surface area contributed by atoms with E-state index in [2.05, 4.69) is 26.1 Å². The van der Waals surface area contributed by atoms with Crippen LogP contribution in [0.4, 0.5) is 4.39 Å². The topological polar surface area (TPSA) is 52.7 Å². The lowest BCUT2D eigenvalue weighted by atomic mass is 10.2. The van der Waals surface area contributed by atoms with E-state index in [9.17, 15) is 12.8 Å². The van der Waals surface area contributed by atoms with Gasteiger partial charge in [-0.15, -0.1) is 0 Å².